The molecule has 0 saturated heterocycles. The highest BCUT2D eigenvalue weighted by Crippen LogP contribution is 2.67. The molecule has 0 aliphatic heterocycles. The second-order valence-corrected chi connectivity index (χ2v) is 15.3. The average Bonchev–Trinajstić information content (AvgIpc) is 3.52. The third kappa shape index (κ3) is 3.86. The summed E-state index contributed by atoms with van der Waals surface area (Å²) in [4.78, 5) is 0. The van der Waals surface area contributed by atoms with E-state index in [0.717, 1.165) is 12.0 Å². The fourth-order valence-corrected chi connectivity index (χ4v) is 9.05. The highest BCUT2D eigenvalue weighted by molar-refractivity contribution is 6.19. The number of benzene rings is 4. The first-order valence-electron chi connectivity index (χ1n) is 16.6. The summed E-state index contributed by atoms with van der Waals surface area (Å²) in [5, 5.41) is 0. The minimum absolute atomic E-state index is 0.0465. The quantitative estimate of drug-likeness (QED) is 0.158. The zero-order chi connectivity index (χ0) is 32.0. The molecular weight excluding hydrogens is 576 g/mol. The Kier molecular flexibility index (Phi) is 6.48. The van der Waals surface area contributed by atoms with Crippen LogP contribution in [0.1, 0.15) is 80.0 Å². The Morgan fingerprint density at radius 1 is 0.870 bits per heavy atom. The number of rotatable bonds is 4. The van der Waals surface area contributed by atoms with Crippen LogP contribution in [0.15, 0.2) is 127 Å². The molecule has 0 N–H and O–H groups in total. The average molecular weight is 617 g/mol. The lowest BCUT2D eigenvalue weighted by Gasteiger charge is -2.42. The van der Waals surface area contributed by atoms with Crippen LogP contribution in [0.25, 0.3) is 33.4 Å². The second-order valence-electron chi connectivity index (χ2n) is 15.0. The number of hydrogen-bond donors (Lipinski definition) is 0. The summed E-state index contributed by atoms with van der Waals surface area (Å²) in [7, 11) is 0. The molecule has 0 amide bonds. The van der Waals surface area contributed by atoms with Crippen LogP contribution in [0.4, 0.5) is 0 Å². The van der Waals surface area contributed by atoms with Crippen molar-refractivity contribution in [2.75, 3.05) is 5.88 Å². The Balaban J connectivity index is 1.52. The summed E-state index contributed by atoms with van der Waals surface area (Å²) in [6.45, 7) is 15.9. The van der Waals surface area contributed by atoms with Crippen molar-refractivity contribution in [2.24, 2.45) is 5.92 Å². The van der Waals surface area contributed by atoms with Gasteiger partial charge in [-0.1, -0.05) is 150 Å². The summed E-state index contributed by atoms with van der Waals surface area (Å²) in [5.41, 5.74) is 18.7. The Labute approximate surface area is 279 Å². The maximum atomic E-state index is 6.14. The molecule has 0 radical (unpaired) electrons. The number of hydrogen-bond acceptors (Lipinski definition) is 0. The molecule has 1 heteroatoms. The van der Waals surface area contributed by atoms with Gasteiger partial charge in [-0.2, -0.15) is 0 Å². The van der Waals surface area contributed by atoms with Gasteiger partial charge in [-0.05, 0) is 107 Å². The molecule has 0 fully saturated rings. The molecule has 46 heavy (non-hydrogen) atoms. The van der Waals surface area contributed by atoms with E-state index < -0.39 is 0 Å². The molecule has 2 atom stereocenters. The summed E-state index contributed by atoms with van der Waals surface area (Å²) >= 11 is 6.14. The van der Waals surface area contributed by atoms with Crippen molar-refractivity contribution in [2.45, 2.75) is 57.3 Å². The molecule has 2 unspecified atom stereocenters. The maximum absolute atomic E-state index is 6.14. The molecule has 4 aromatic rings. The third-order valence-corrected chi connectivity index (χ3v) is 11.5. The fourth-order valence-electron chi connectivity index (χ4n) is 8.96. The van der Waals surface area contributed by atoms with Crippen LogP contribution in [-0.4, -0.2) is 5.88 Å². The first kappa shape index (κ1) is 29.3. The molecule has 1 spiro atoms. The van der Waals surface area contributed by atoms with E-state index in [4.69, 9.17) is 11.6 Å². The molecule has 0 saturated carbocycles. The van der Waals surface area contributed by atoms with E-state index in [1.165, 1.54) is 66.8 Å². The zero-order valence-electron chi connectivity index (χ0n) is 27.5. The molecule has 4 aliphatic rings. The summed E-state index contributed by atoms with van der Waals surface area (Å²) in [6.07, 6.45) is 14.2. The minimum Gasteiger partial charge on any atom is -0.122 e. The molecule has 0 heterocycles. The Hall–Kier alpha value is -4.13. The number of fused-ring (bicyclic) bond motifs is 8. The Bertz CT molecular complexity index is 2090. The monoisotopic (exact) mass is 616 g/mol. The van der Waals surface area contributed by atoms with E-state index >= 15 is 0 Å². The lowest BCUT2D eigenvalue weighted by atomic mass is 9.60. The molecule has 4 aromatic carbocycles. The van der Waals surface area contributed by atoms with Crippen molar-refractivity contribution in [1.29, 1.82) is 0 Å². The van der Waals surface area contributed by atoms with E-state index in [1.54, 1.807) is 5.57 Å². The van der Waals surface area contributed by atoms with Crippen LogP contribution >= 0.6 is 11.6 Å². The van der Waals surface area contributed by atoms with E-state index in [-0.39, 0.29) is 16.2 Å². The molecule has 228 valence electrons. The summed E-state index contributed by atoms with van der Waals surface area (Å²) in [6, 6.07) is 30.7. The third-order valence-electron chi connectivity index (χ3n) is 11.3. The zero-order valence-corrected chi connectivity index (χ0v) is 28.3. The standard InChI is InChI=1S/C45H41Cl/c1-7-12-28(13-11-24-46)32-21-18-29-25-39(32)44(5,6)31-20-23-36-35-22-19-30(43(2,3)4)26-40(35)45(41(36)27-31)38-17-9-8-14-34(38)37-16-10-15-33(29)42(37)45/h7-23,25-26,31H,1,24,27H2,2-6H3/b13-11-,28-12+. The van der Waals surface area contributed by atoms with E-state index in [2.05, 4.69) is 144 Å². The lowest BCUT2D eigenvalue weighted by Crippen LogP contribution is -2.35. The van der Waals surface area contributed by atoms with Gasteiger partial charge in [0.25, 0.3) is 0 Å². The van der Waals surface area contributed by atoms with E-state index in [1.807, 2.05) is 12.2 Å². The van der Waals surface area contributed by atoms with Crippen LogP contribution < -0.4 is 0 Å². The fraction of sp³-hybridized carbons (Fsp3) is 0.244. The van der Waals surface area contributed by atoms with Gasteiger partial charge in [0, 0.05) is 5.88 Å². The highest BCUT2D eigenvalue weighted by Gasteiger charge is 2.55. The van der Waals surface area contributed by atoms with Crippen LogP contribution in [0.5, 0.6) is 0 Å². The minimum atomic E-state index is -0.333. The lowest BCUT2D eigenvalue weighted by molar-refractivity contribution is 0.369. The van der Waals surface area contributed by atoms with Crippen molar-refractivity contribution >= 4 is 22.7 Å². The van der Waals surface area contributed by atoms with Crippen molar-refractivity contribution < 1.29 is 0 Å². The first-order valence-corrected chi connectivity index (χ1v) is 17.2. The molecule has 0 nitrogen and oxygen atoms in total. The SMILES string of the molecule is C=C/C=C(\C=C/CCl)c1ccc2cc1C(C)(C)C1C=CC3=C(C1)C1(c4cc(C(C)(C)C)ccc43)c3ccccc3-c3cccc-2c31. The largest absolute Gasteiger partial charge is 0.122 e. The normalized spacial score (nSPS) is 21.7. The topological polar surface area (TPSA) is 0 Å². The number of allylic oxidation sites excluding steroid dienone is 9. The van der Waals surface area contributed by atoms with Crippen molar-refractivity contribution in [1.82, 2.24) is 0 Å². The van der Waals surface area contributed by atoms with Crippen molar-refractivity contribution in [3.8, 4) is 22.3 Å². The van der Waals surface area contributed by atoms with Crippen molar-refractivity contribution in [3.63, 3.8) is 0 Å². The van der Waals surface area contributed by atoms with Gasteiger partial charge in [0.1, 0.15) is 0 Å². The van der Waals surface area contributed by atoms with Crippen LogP contribution in [0.2, 0.25) is 0 Å². The molecule has 4 aliphatic carbocycles. The van der Waals surface area contributed by atoms with Gasteiger partial charge in [0.2, 0.25) is 0 Å². The van der Waals surface area contributed by atoms with Gasteiger partial charge in [0.05, 0.1) is 5.41 Å². The second kappa shape index (κ2) is 10.2. The smallest absolute Gasteiger partial charge is 0.0694 e. The maximum Gasteiger partial charge on any atom is 0.0694 e. The Morgan fingerprint density at radius 3 is 2.43 bits per heavy atom. The van der Waals surface area contributed by atoms with E-state index in [0.29, 0.717) is 11.8 Å². The van der Waals surface area contributed by atoms with Gasteiger partial charge < -0.3 is 0 Å². The van der Waals surface area contributed by atoms with Gasteiger partial charge in [0.15, 0.2) is 0 Å². The number of halogens is 1. The number of alkyl halides is 1. The van der Waals surface area contributed by atoms with Gasteiger partial charge >= 0.3 is 0 Å². The van der Waals surface area contributed by atoms with Gasteiger partial charge in [-0.25, -0.2) is 0 Å². The molecule has 0 aromatic heterocycles. The Morgan fingerprint density at radius 2 is 1.65 bits per heavy atom. The van der Waals surface area contributed by atoms with Gasteiger partial charge in [-0.3, -0.25) is 0 Å². The van der Waals surface area contributed by atoms with Crippen LogP contribution in [0.3, 0.4) is 0 Å². The van der Waals surface area contributed by atoms with Crippen LogP contribution in [0, 0.1) is 5.92 Å². The molecule has 8 rings (SSSR count). The molecule has 4 bridgehead atoms. The van der Waals surface area contributed by atoms with Crippen molar-refractivity contribution in [3.05, 3.63) is 166 Å². The van der Waals surface area contributed by atoms with Gasteiger partial charge in [-0.15, -0.1) is 11.6 Å². The van der Waals surface area contributed by atoms with E-state index in [9.17, 15) is 0 Å². The predicted molar refractivity (Wildman–Crippen MR) is 198 cm³/mol. The summed E-state index contributed by atoms with van der Waals surface area (Å²) in [5.74, 6) is 0.793. The summed E-state index contributed by atoms with van der Waals surface area (Å²) < 4.78 is 0. The highest BCUT2D eigenvalue weighted by atomic mass is 35.5. The predicted octanol–water partition coefficient (Wildman–Crippen LogP) is 12.0. The first-order chi connectivity index (χ1) is 22.1. The molecular formula is C45H41Cl. The van der Waals surface area contributed by atoms with Crippen LogP contribution in [-0.2, 0) is 16.2 Å².